The first-order valence-electron chi connectivity index (χ1n) is 6.12. The molecule has 0 unspecified atom stereocenters. The predicted octanol–water partition coefficient (Wildman–Crippen LogP) is 4.59. The summed E-state index contributed by atoms with van der Waals surface area (Å²) >= 11 is 7.24. The Morgan fingerprint density at radius 3 is 2.05 bits per heavy atom. The summed E-state index contributed by atoms with van der Waals surface area (Å²) < 4.78 is 4.03. The van der Waals surface area contributed by atoms with E-state index in [0.717, 1.165) is 11.1 Å². The van der Waals surface area contributed by atoms with Gasteiger partial charge in [-0.2, -0.15) is 0 Å². The van der Waals surface area contributed by atoms with E-state index in [1.165, 1.54) is 7.11 Å². The molecular weight excluding hydrogens is 384 g/mol. The van der Waals surface area contributed by atoms with E-state index in [1.807, 2.05) is 60.7 Å². The molecular formula is C16H14Br2O2. The minimum atomic E-state index is -0.968. The zero-order valence-electron chi connectivity index (χ0n) is 10.9. The molecule has 0 saturated heterocycles. The van der Waals surface area contributed by atoms with E-state index in [1.54, 1.807) is 0 Å². The summed E-state index contributed by atoms with van der Waals surface area (Å²) in [5.41, 5.74) is 1.84. The van der Waals surface area contributed by atoms with Gasteiger partial charge in [0.2, 0.25) is 0 Å². The molecule has 2 aromatic carbocycles. The molecule has 0 aliphatic heterocycles. The van der Waals surface area contributed by atoms with Crippen molar-refractivity contribution in [2.45, 2.75) is 9.15 Å². The van der Waals surface area contributed by atoms with Crippen LogP contribution >= 0.6 is 31.9 Å². The molecule has 0 heterocycles. The molecule has 2 aromatic rings. The third-order valence-electron chi connectivity index (χ3n) is 3.12. The molecule has 0 aromatic heterocycles. The van der Waals surface area contributed by atoms with Crippen molar-refractivity contribution in [3.8, 4) is 0 Å². The third kappa shape index (κ3) is 2.81. The first-order chi connectivity index (χ1) is 9.60. The van der Waals surface area contributed by atoms with E-state index >= 15 is 0 Å². The molecule has 0 aliphatic rings. The van der Waals surface area contributed by atoms with Gasteiger partial charge >= 0.3 is 5.97 Å². The summed E-state index contributed by atoms with van der Waals surface area (Å²) in [6, 6.07) is 19.3. The highest BCUT2D eigenvalue weighted by atomic mass is 79.9. The van der Waals surface area contributed by atoms with Gasteiger partial charge in [0, 0.05) is 0 Å². The molecule has 0 amide bonds. The summed E-state index contributed by atoms with van der Waals surface area (Å²) in [4.78, 5) is 12.1. The molecule has 4 heteroatoms. The second kappa shape index (κ2) is 6.55. The zero-order valence-corrected chi connectivity index (χ0v) is 14.1. The second-order valence-corrected chi connectivity index (χ2v) is 6.51. The van der Waals surface area contributed by atoms with Crippen LogP contribution < -0.4 is 0 Å². The second-order valence-electron chi connectivity index (χ2n) is 4.34. The Bertz CT molecular complexity index is 572. The van der Waals surface area contributed by atoms with Crippen molar-refractivity contribution < 1.29 is 9.53 Å². The standard InChI is InChI=1S/C16H14Br2O2/c1-20-15(19)16(18,13-10-6-3-7-11-13)14(17)12-8-4-2-5-9-12/h2-11,14H,1H3/t14-,16-/m0/s1. The van der Waals surface area contributed by atoms with Gasteiger partial charge in [-0.3, -0.25) is 4.79 Å². The van der Waals surface area contributed by atoms with E-state index in [0.29, 0.717) is 0 Å². The Balaban J connectivity index is 2.51. The van der Waals surface area contributed by atoms with Crippen LogP contribution in [0.1, 0.15) is 16.0 Å². The monoisotopic (exact) mass is 396 g/mol. The molecule has 2 rings (SSSR count). The largest absolute Gasteiger partial charge is 0.468 e. The SMILES string of the molecule is COC(=O)[C@](Br)(c1ccccc1)[C@@H](Br)c1ccccc1. The normalized spacial score (nSPS) is 15.2. The molecule has 20 heavy (non-hydrogen) atoms. The number of hydrogen-bond acceptors (Lipinski definition) is 2. The Morgan fingerprint density at radius 1 is 1.05 bits per heavy atom. The average Bonchev–Trinajstić information content (AvgIpc) is 2.54. The summed E-state index contributed by atoms with van der Waals surface area (Å²) in [6.45, 7) is 0. The van der Waals surface area contributed by atoms with E-state index in [-0.39, 0.29) is 10.8 Å². The molecule has 0 spiro atoms. The molecule has 0 radical (unpaired) electrons. The highest BCUT2D eigenvalue weighted by Gasteiger charge is 2.45. The maximum Gasteiger partial charge on any atom is 0.328 e. The number of hydrogen-bond donors (Lipinski definition) is 0. The van der Waals surface area contributed by atoms with Crippen LogP contribution in [0.4, 0.5) is 0 Å². The summed E-state index contributed by atoms with van der Waals surface area (Å²) in [6.07, 6.45) is 0. The van der Waals surface area contributed by atoms with Crippen molar-refractivity contribution in [2.24, 2.45) is 0 Å². The summed E-state index contributed by atoms with van der Waals surface area (Å²) in [5.74, 6) is -0.338. The minimum absolute atomic E-state index is 0.244. The minimum Gasteiger partial charge on any atom is -0.468 e. The molecule has 0 fully saturated rings. The Labute approximate surface area is 135 Å². The lowest BCUT2D eigenvalue weighted by Gasteiger charge is -2.30. The topological polar surface area (TPSA) is 26.3 Å². The lowest BCUT2D eigenvalue weighted by Crippen LogP contribution is -2.34. The number of alkyl halides is 2. The fourth-order valence-electron chi connectivity index (χ4n) is 2.05. The maximum atomic E-state index is 12.3. The lowest BCUT2D eigenvalue weighted by atomic mass is 9.91. The zero-order chi connectivity index (χ0) is 14.6. The number of benzene rings is 2. The van der Waals surface area contributed by atoms with Gasteiger partial charge in [0.25, 0.3) is 0 Å². The first-order valence-corrected chi connectivity index (χ1v) is 7.83. The number of ether oxygens (including phenoxy) is 1. The Hall–Kier alpha value is -1.13. The lowest BCUT2D eigenvalue weighted by molar-refractivity contribution is -0.143. The van der Waals surface area contributed by atoms with Crippen molar-refractivity contribution in [1.29, 1.82) is 0 Å². The Morgan fingerprint density at radius 2 is 1.55 bits per heavy atom. The van der Waals surface area contributed by atoms with Gasteiger partial charge in [-0.1, -0.05) is 92.5 Å². The van der Waals surface area contributed by atoms with Crippen LogP contribution in [-0.4, -0.2) is 13.1 Å². The van der Waals surface area contributed by atoms with Gasteiger partial charge < -0.3 is 4.74 Å². The maximum absolute atomic E-state index is 12.3. The van der Waals surface area contributed by atoms with Gasteiger partial charge in [0.05, 0.1) is 11.9 Å². The average molecular weight is 398 g/mol. The number of rotatable bonds is 4. The number of methoxy groups -OCH3 is 1. The molecule has 0 N–H and O–H groups in total. The molecule has 2 nitrogen and oxygen atoms in total. The molecule has 0 aliphatic carbocycles. The number of carbonyl (C=O) groups excluding carboxylic acids is 1. The van der Waals surface area contributed by atoms with Crippen LogP contribution in [0.25, 0.3) is 0 Å². The van der Waals surface area contributed by atoms with Gasteiger partial charge in [-0.25, -0.2) is 0 Å². The van der Waals surface area contributed by atoms with Crippen LogP contribution in [0.15, 0.2) is 60.7 Å². The highest BCUT2D eigenvalue weighted by Crippen LogP contribution is 2.48. The number of halogens is 2. The molecule has 2 atom stereocenters. The molecule has 0 saturated carbocycles. The van der Waals surface area contributed by atoms with Crippen LogP contribution in [0, 0.1) is 0 Å². The number of esters is 1. The highest BCUT2D eigenvalue weighted by molar-refractivity contribution is 9.12. The van der Waals surface area contributed by atoms with Gasteiger partial charge in [-0.05, 0) is 11.1 Å². The smallest absolute Gasteiger partial charge is 0.328 e. The molecule has 0 bridgehead atoms. The van der Waals surface area contributed by atoms with Crippen molar-refractivity contribution in [2.75, 3.05) is 7.11 Å². The van der Waals surface area contributed by atoms with Gasteiger partial charge in [-0.15, -0.1) is 0 Å². The Kier molecular flexibility index (Phi) is 5.00. The van der Waals surface area contributed by atoms with Crippen molar-refractivity contribution in [3.05, 3.63) is 71.8 Å². The van der Waals surface area contributed by atoms with E-state index in [2.05, 4.69) is 31.9 Å². The van der Waals surface area contributed by atoms with Crippen LogP contribution in [0.2, 0.25) is 0 Å². The summed E-state index contributed by atoms with van der Waals surface area (Å²) in [5, 5.41) is 0. The van der Waals surface area contributed by atoms with Crippen LogP contribution in [0.3, 0.4) is 0 Å². The van der Waals surface area contributed by atoms with E-state index in [9.17, 15) is 4.79 Å². The summed E-state index contributed by atoms with van der Waals surface area (Å²) in [7, 11) is 1.39. The van der Waals surface area contributed by atoms with Gasteiger partial charge in [0.15, 0.2) is 4.32 Å². The van der Waals surface area contributed by atoms with E-state index < -0.39 is 4.32 Å². The quantitative estimate of drug-likeness (QED) is 0.557. The molecule has 104 valence electrons. The van der Waals surface area contributed by atoms with Crippen molar-refractivity contribution in [3.63, 3.8) is 0 Å². The first kappa shape index (κ1) is 15.3. The van der Waals surface area contributed by atoms with Gasteiger partial charge in [0.1, 0.15) is 0 Å². The van der Waals surface area contributed by atoms with Crippen LogP contribution in [0.5, 0.6) is 0 Å². The van der Waals surface area contributed by atoms with Crippen molar-refractivity contribution >= 4 is 37.8 Å². The number of carbonyl (C=O) groups is 1. The van der Waals surface area contributed by atoms with E-state index in [4.69, 9.17) is 4.74 Å². The fraction of sp³-hybridized carbons (Fsp3) is 0.188. The van der Waals surface area contributed by atoms with Crippen LogP contribution in [-0.2, 0) is 13.9 Å². The van der Waals surface area contributed by atoms with Crippen molar-refractivity contribution in [1.82, 2.24) is 0 Å². The predicted molar refractivity (Wildman–Crippen MR) is 87.2 cm³/mol. The third-order valence-corrected chi connectivity index (χ3v) is 6.19. The fourth-order valence-corrected chi connectivity index (χ4v) is 3.50.